The minimum Gasteiger partial charge on any atom is -0.320 e. The van der Waals surface area contributed by atoms with Crippen LogP contribution in [0.2, 0.25) is 0 Å². The fraction of sp³-hybridized carbons (Fsp3) is 0.500. The van der Waals surface area contributed by atoms with Gasteiger partial charge >= 0.3 is 0 Å². The molecule has 2 saturated carbocycles. The Morgan fingerprint density at radius 1 is 1.03 bits per heavy atom. The molecule has 3 aliphatic rings. The number of hydrogen-bond donors (Lipinski definition) is 1. The summed E-state index contributed by atoms with van der Waals surface area (Å²) < 4.78 is 0. The van der Waals surface area contributed by atoms with Crippen LogP contribution in [-0.4, -0.2) is 31.1 Å². The maximum atomic E-state index is 10.4. The first kappa shape index (κ1) is 23.5. The van der Waals surface area contributed by atoms with Gasteiger partial charge in [-0.2, -0.15) is 5.26 Å². The Kier molecular flexibility index (Phi) is 7.78. The molecule has 160 valence electrons. The van der Waals surface area contributed by atoms with Gasteiger partial charge in [0.2, 0.25) is 0 Å². The largest absolute Gasteiger partial charge is 0.320 e. The summed E-state index contributed by atoms with van der Waals surface area (Å²) in [4.78, 5) is 1.78. The quantitative estimate of drug-likeness (QED) is 0.374. The minimum absolute atomic E-state index is 0.528. The van der Waals surface area contributed by atoms with Crippen LogP contribution >= 0.6 is 25.2 Å². The maximum Gasteiger partial charge on any atom is 0.153 e. The smallest absolute Gasteiger partial charge is 0.153 e. The summed E-state index contributed by atoms with van der Waals surface area (Å²) in [6, 6.07) is 24.6. The Morgan fingerprint density at radius 3 is 1.97 bits per heavy atom. The third-order valence-electron chi connectivity index (χ3n) is 7.94. The van der Waals surface area contributed by atoms with Crippen LogP contribution in [0.25, 0.3) is 0 Å². The van der Waals surface area contributed by atoms with Gasteiger partial charge in [-0.15, -0.1) is 9.24 Å². The number of alkyl halides is 1. The van der Waals surface area contributed by atoms with Crippen molar-refractivity contribution in [1.82, 2.24) is 0 Å². The molecule has 4 heteroatoms. The predicted octanol–water partition coefficient (Wildman–Crippen LogP) is 4.84. The highest BCUT2D eigenvalue weighted by Crippen LogP contribution is 2.56. The third-order valence-corrected chi connectivity index (χ3v) is 7.94. The number of halogens is 1. The lowest BCUT2D eigenvalue weighted by atomic mass is 9.59. The fourth-order valence-electron chi connectivity index (χ4n) is 6.45. The second kappa shape index (κ2) is 9.95. The second-order valence-corrected chi connectivity index (χ2v) is 8.80. The molecule has 2 aromatic rings. The molecule has 3 fully saturated rings. The SMILES string of the molecule is CBr.CP.C[NH+]1C2C[C@H](CC(C#N)(c3ccccc3)c3ccccc3)CC3CCC321. The highest BCUT2D eigenvalue weighted by Gasteiger charge is 2.77. The van der Waals surface area contributed by atoms with Gasteiger partial charge in [0.15, 0.2) is 5.54 Å². The molecule has 1 heterocycles. The number of nitrogens with one attached hydrogen (secondary N) is 1. The number of benzene rings is 2. The molecule has 5 rings (SSSR count). The van der Waals surface area contributed by atoms with E-state index in [1.54, 1.807) is 4.90 Å². The normalized spacial score (nSPS) is 30.5. The van der Waals surface area contributed by atoms with Crippen molar-refractivity contribution < 1.29 is 4.90 Å². The maximum absolute atomic E-state index is 10.4. The van der Waals surface area contributed by atoms with Crippen molar-refractivity contribution in [3.8, 4) is 6.07 Å². The van der Waals surface area contributed by atoms with Crippen LogP contribution in [0.3, 0.4) is 0 Å². The first-order valence-corrected chi connectivity index (χ1v) is 13.8. The molecule has 1 aliphatic heterocycles. The zero-order chi connectivity index (χ0) is 21.8. The van der Waals surface area contributed by atoms with Crippen molar-refractivity contribution in [1.29, 1.82) is 5.26 Å². The van der Waals surface area contributed by atoms with E-state index in [1.165, 1.54) is 25.7 Å². The van der Waals surface area contributed by atoms with Crippen LogP contribution in [0.5, 0.6) is 0 Å². The Labute approximate surface area is 193 Å². The van der Waals surface area contributed by atoms with Crippen molar-refractivity contribution >= 4 is 25.2 Å². The average molecular weight is 486 g/mol. The van der Waals surface area contributed by atoms with Gasteiger partial charge in [0.05, 0.1) is 13.1 Å². The average Bonchev–Trinajstić information content (AvgIpc) is 3.44. The van der Waals surface area contributed by atoms with Gasteiger partial charge in [0, 0.05) is 18.8 Å². The third kappa shape index (κ3) is 3.77. The lowest BCUT2D eigenvalue weighted by molar-refractivity contribution is -0.790. The molecule has 2 aromatic carbocycles. The van der Waals surface area contributed by atoms with Crippen molar-refractivity contribution in [3.05, 3.63) is 71.8 Å². The number of nitrogens with zero attached hydrogens (tertiary/aromatic N) is 1. The summed E-state index contributed by atoms with van der Waals surface area (Å²) in [5.74, 6) is 3.36. The predicted molar refractivity (Wildman–Crippen MR) is 133 cm³/mol. The van der Waals surface area contributed by atoms with Crippen LogP contribution in [0.4, 0.5) is 0 Å². The van der Waals surface area contributed by atoms with Gasteiger partial charge < -0.3 is 4.90 Å². The number of likely N-dealkylation sites (tertiary alicyclic amines) is 1. The molecule has 30 heavy (non-hydrogen) atoms. The molecular weight excluding hydrogens is 451 g/mol. The van der Waals surface area contributed by atoms with Crippen molar-refractivity contribution in [2.75, 3.05) is 19.5 Å². The van der Waals surface area contributed by atoms with E-state index < -0.39 is 5.41 Å². The molecule has 2 nitrogen and oxygen atoms in total. The number of likely N-dealkylation sites (N-methyl/N-ethyl adjacent to an activating group) is 1. The number of rotatable bonds is 4. The summed E-state index contributed by atoms with van der Waals surface area (Å²) in [7, 11) is 4.81. The summed E-state index contributed by atoms with van der Waals surface area (Å²) >= 11 is 2.94. The van der Waals surface area contributed by atoms with Gasteiger partial charge in [0.1, 0.15) is 11.5 Å². The van der Waals surface area contributed by atoms with Crippen molar-refractivity contribution in [2.24, 2.45) is 11.8 Å². The van der Waals surface area contributed by atoms with Gasteiger partial charge in [-0.3, -0.25) is 0 Å². The molecule has 1 saturated heterocycles. The van der Waals surface area contributed by atoms with Gasteiger partial charge in [-0.05, 0) is 42.1 Å². The number of nitriles is 1. The van der Waals surface area contributed by atoms with E-state index in [0.29, 0.717) is 11.5 Å². The van der Waals surface area contributed by atoms with Crippen molar-refractivity contribution in [2.45, 2.75) is 49.1 Å². The van der Waals surface area contributed by atoms with E-state index in [2.05, 4.69) is 86.8 Å². The molecular formula is C26H35BrN2P+. The zero-order valence-corrected chi connectivity index (χ0v) is 21.2. The Morgan fingerprint density at radius 2 is 1.57 bits per heavy atom. The summed E-state index contributed by atoms with van der Waals surface area (Å²) in [5.41, 5.74) is 2.41. The van der Waals surface area contributed by atoms with Crippen molar-refractivity contribution in [3.63, 3.8) is 0 Å². The Bertz CT molecular complexity index is 801. The van der Waals surface area contributed by atoms with Gasteiger partial charge in [-0.1, -0.05) is 83.3 Å². The van der Waals surface area contributed by atoms with E-state index in [1.807, 2.05) is 24.6 Å². The molecule has 0 bridgehead atoms. The second-order valence-electron chi connectivity index (χ2n) is 8.80. The van der Waals surface area contributed by atoms with E-state index in [0.717, 1.165) is 29.5 Å². The molecule has 2 aliphatic carbocycles. The van der Waals surface area contributed by atoms with Crippen LogP contribution in [0.1, 0.15) is 43.2 Å². The zero-order valence-electron chi connectivity index (χ0n) is 18.4. The minimum atomic E-state index is -0.528. The summed E-state index contributed by atoms with van der Waals surface area (Å²) in [5, 5.41) is 10.4. The summed E-state index contributed by atoms with van der Waals surface area (Å²) in [6.07, 6.45) is 6.40. The molecule has 1 spiro atoms. The molecule has 0 amide bonds. The van der Waals surface area contributed by atoms with Crippen LogP contribution in [0.15, 0.2) is 60.7 Å². The first-order chi connectivity index (χ1) is 14.7. The summed E-state index contributed by atoms with van der Waals surface area (Å²) in [6.45, 7) is 1.92. The molecule has 0 aromatic heterocycles. The Balaban J connectivity index is 0.000000606. The molecule has 0 radical (unpaired) electrons. The molecule has 5 unspecified atom stereocenters. The first-order valence-electron chi connectivity index (χ1n) is 11.0. The number of quaternary nitrogens is 1. The number of hydrogen-bond acceptors (Lipinski definition) is 1. The highest BCUT2D eigenvalue weighted by molar-refractivity contribution is 9.08. The Hall–Kier alpha value is -1.20. The fourth-order valence-corrected chi connectivity index (χ4v) is 6.45. The van der Waals surface area contributed by atoms with Gasteiger partial charge in [0.25, 0.3) is 0 Å². The molecule has 1 N–H and O–H groups in total. The van der Waals surface area contributed by atoms with Crippen LogP contribution in [-0.2, 0) is 5.41 Å². The standard InChI is InChI=1S/C24H26N2.CH3Br.CH5P/c1-26-22-15-18(14-21-12-13-24(21,22)26)16-23(17-25,19-8-4-2-5-9-19)20-10-6-3-7-11-20;2*1-2/h2-11,18,21-22H,12-16H2,1H3;1H3;2H2,1H3/p+1/t18-,21?,22?,24?,26?;;/m1../s1. The lowest BCUT2D eigenvalue weighted by Gasteiger charge is -2.41. The monoisotopic (exact) mass is 485 g/mol. The van der Waals surface area contributed by atoms with Crippen LogP contribution < -0.4 is 4.90 Å². The lowest BCUT2D eigenvalue weighted by Crippen LogP contribution is -2.96. The van der Waals surface area contributed by atoms with E-state index in [-0.39, 0.29) is 0 Å². The molecule has 6 atom stereocenters. The van der Waals surface area contributed by atoms with E-state index in [9.17, 15) is 5.26 Å². The van der Waals surface area contributed by atoms with E-state index >= 15 is 0 Å². The topological polar surface area (TPSA) is 28.2 Å². The van der Waals surface area contributed by atoms with Crippen LogP contribution in [0, 0.1) is 23.2 Å². The van der Waals surface area contributed by atoms with E-state index in [4.69, 9.17) is 0 Å². The van der Waals surface area contributed by atoms with Gasteiger partial charge in [-0.25, -0.2) is 0 Å². The highest BCUT2D eigenvalue weighted by atomic mass is 79.9.